The highest BCUT2D eigenvalue weighted by atomic mass is 32.1. The zero-order chi connectivity index (χ0) is 20.2. The number of carbonyl (C=O) groups is 1. The third kappa shape index (κ3) is 4.13. The molecule has 1 amide bonds. The maximum atomic E-state index is 12.6. The zero-order valence-electron chi connectivity index (χ0n) is 15.7. The van der Waals surface area contributed by atoms with E-state index in [1.54, 1.807) is 19.6 Å². The standard InChI is InChI=1S/C21H17N3O3S2/c1-26-14-8-9-18(27-2)15(10-14)16-11-29-21(23-16)24-19(25)17-12-28-20(22-17)13-6-4-3-5-7-13/h3-12H,1-2H3,(H,23,24,25). The van der Waals surface area contributed by atoms with Crippen molar-refractivity contribution in [2.45, 2.75) is 0 Å². The molecule has 0 fully saturated rings. The molecule has 0 saturated carbocycles. The molecule has 146 valence electrons. The van der Waals surface area contributed by atoms with E-state index < -0.39 is 0 Å². The Kier molecular flexibility index (Phi) is 5.55. The summed E-state index contributed by atoms with van der Waals surface area (Å²) < 4.78 is 10.7. The van der Waals surface area contributed by atoms with Crippen LogP contribution < -0.4 is 14.8 Å². The Hall–Kier alpha value is -3.23. The molecule has 0 aliphatic heterocycles. The van der Waals surface area contributed by atoms with Gasteiger partial charge in [0.2, 0.25) is 0 Å². The second-order valence-corrected chi connectivity index (χ2v) is 7.68. The fourth-order valence-corrected chi connectivity index (χ4v) is 4.23. The largest absolute Gasteiger partial charge is 0.497 e. The number of carbonyl (C=O) groups excluding carboxylic acids is 1. The first-order valence-corrected chi connectivity index (χ1v) is 10.4. The van der Waals surface area contributed by atoms with Crippen molar-refractivity contribution in [1.82, 2.24) is 9.97 Å². The van der Waals surface area contributed by atoms with Gasteiger partial charge in [-0.05, 0) is 18.2 Å². The third-order valence-corrected chi connectivity index (χ3v) is 5.81. The highest BCUT2D eigenvalue weighted by Crippen LogP contribution is 2.35. The van der Waals surface area contributed by atoms with E-state index in [1.807, 2.05) is 53.9 Å². The number of anilines is 1. The number of hydrogen-bond donors (Lipinski definition) is 1. The van der Waals surface area contributed by atoms with Crippen molar-refractivity contribution >= 4 is 33.7 Å². The molecule has 4 aromatic rings. The minimum atomic E-state index is -0.290. The quantitative estimate of drug-likeness (QED) is 0.461. The van der Waals surface area contributed by atoms with Gasteiger partial charge < -0.3 is 9.47 Å². The molecule has 8 heteroatoms. The Morgan fingerprint density at radius 3 is 2.55 bits per heavy atom. The summed E-state index contributed by atoms with van der Waals surface area (Å²) in [5.74, 6) is 1.10. The summed E-state index contributed by atoms with van der Waals surface area (Å²) in [5, 5.41) is 7.72. The second kappa shape index (κ2) is 8.42. The molecule has 0 radical (unpaired) electrons. The maximum Gasteiger partial charge on any atom is 0.276 e. The first kappa shape index (κ1) is 19.1. The smallest absolute Gasteiger partial charge is 0.276 e. The van der Waals surface area contributed by atoms with Gasteiger partial charge in [0.05, 0.1) is 19.9 Å². The van der Waals surface area contributed by atoms with Gasteiger partial charge in [-0.15, -0.1) is 22.7 Å². The first-order chi connectivity index (χ1) is 14.2. The molecule has 0 saturated heterocycles. The van der Waals surface area contributed by atoms with E-state index in [0.717, 1.165) is 16.1 Å². The summed E-state index contributed by atoms with van der Waals surface area (Å²) >= 11 is 2.77. The first-order valence-electron chi connectivity index (χ1n) is 8.68. The van der Waals surface area contributed by atoms with Crippen molar-refractivity contribution in [1.29, 1.82) is 0 Å². The van der Waals surface area contributed by atoms with Crippen LogP contribution in [0, 0.1) is 0 Å². The summed E-state index contributed by atoms with van der Waals surface area (Å²) in [4.78, 5) is 21.5. The summed E-state index contributed by atoms with van der Waals surface area (Å²) in [6, 6.07) is 15.3. The van der Waals surface area contributed by atoms with Crippen molar-refractivity contribution in [3.63, 3.8) is 0 Å². The van der Waals surface area contributed by atoms with Gasteiger partial charge >= 0.3 is 0 Å². The van der Waals surface area contributed by atoms with Gasteiger partial charge in [-0.2, -0.15) is 0 Å². The average molecular weight is 424 g/mol. The fraction of sp³-hybridized carbons (Fsp3) is 0.0952. The van der Waals surface area contributed by atoms with Crippen LogP contribution in [0.3, 0.4) is 0 Å². The van der Waals surface area contributed by atoms with E-state index in [9.17, 15) is 4.79 Å². The van der Waals surface area contributed by atoms with Crippen molar-refractivity contribution < 1.29 is 14.3 Å². The summed E-state index contributed by atoms with van der Waals surface area (Å²) in [7, 11) is 3.21. The van der Waals surface area contributed by atoms with Gasteiger partial charge in [-0.25, -0.2) is 9.97 Å². The summed E-state index contributed by atoms with van der Waals surface area (Å²) in [6.07, 6.45) is 0. The van der Waals surface area contributed by atoms with E-state index in [1.165, 1.54) is 22.7 Å². The predicted molar refractivity (Wildman–Crippen MR) is 116 cm³/mol. The molecule has 0 aliphatic rings. The predicted octanol–water partition coefficient (Wildman–Crippen LogP) is 5.20. The molecular weight excluding hydrogens is 406 g/mol. The van der Waals surface area contributed by atoms with Crippen LogP contribution in [0.5, 0.6) is 11.5 Å². The molecule has 1 N–H and O–H groups in total. The van der Waals surface area contributed by atoms with E-state index in [4.69, 9.17) is 9.47 Å². The molecule has 0 spiro atoms. The minimum Gasteiger partial charge on any atom is -0.497 e. The lowest BCUT2D eigenvalue weighted by molar-refractivity contribution is 0.102. The molecule has 6 nitrogen and oxygen atoms in total. The van der Waals surface area contributed by atoms with Crippen LogP contribution in [0.15, 0.2) is 59.3 Å². The van der Waals surface area contributed by atoms with Gasteiger partial charge in [-0.1, -0.05) is 30.3 Å². The average Bonchev–Trinajstić information content (AvgIpc) is 3.44. The van der Waals surface area contributed by atoms with Gasteiger partial charge in [0.25, 0.3) is 5.91 Å². The summed E-state index contributed by atoms with van der Waals surface area (Å²) in [5.41, 5.74) is 2.84. The Bertz CT molecular complexity index is 1140. The molecule has 0 bridgehead atoms. The Balaban J connectivity index is 1.53. The Morgan fingerprint density at radius 1 is 0.966 bits per heavy atom. The van der Waals surface area contributed by atoms with Crippen molar-refractivity contribution in [3.8, 4) is 33.3 Å². The molecular formula is C21H17N3O3S2. The van der Waals surface area contributed by atoms with Crippen LogP contribution in [0.2, 0.25) is 0 Å². The minimum absolute atomic E-state index is 0.290. The lowest BCUT2D eigenvalue weighted by Gasteiger charge is -2.08. The van der Waals surface area contributed by atoms with E-state index in [2.05, 4.69) is 15.3 Å². The maximum absolute atomic E-state index is 12.6. The number of rotatable bonds is 6. The molecule has 0 unspecified atom stereocenters. The van der Waals surface area contributed by atoms with Crippen LogP contribution in [0.1, 0.15) is 10.5 Å². The lowest BCUT2D eigenvalue weighted by atomic mass is 10.1. The van der Waals surface area contributed by atoms with Crippen molar-refractivity contribution in [2.75, 3.05) is 19.5 Å². The Labute approximate surface area is 175 Å². The molecule has 4 rings (SSSR count). The third-order valence-electron chi connectivity index (χ3n) is 4.16. The Morgan fingerprint density at radius 2 is 1.79 bits per heavy atom. The number of amides is 1. The number of nitrogens with zero attached hydrogens (tertiary/aromatic N) is 2. The van der Waals surface area contributed by atoms with E-state index in [-0.39, 0.29) is 5.91 Å². The van der Waals surface area contributed by atoms with Gasteiger partial charge in [0.15, 0.2) is 5.13 Å². The topological polar surface area (TPSA) is 73.3 Å². The van der Waals surface area contributed by atoms with Crippen LogP contribution in [-0.2, 0) is 0 Å². The number of benzene rings is 2. The SMILES string of the molecule is COc1ccc(OC)c(-c2csc(NC(=O)c3csc(-c4ccccc4)n3)n2)c1. The van der Waals surface area contributed by atoms with E-state index >= 15 is 0 Å². The second-order valence-electron chi connectivity index (χ2n) is 5.96. The molecule has 2 aromatic heterocycles. The molecule has 0 aliphatic carbocycles. The number of thiazole rings is 2. The highest BCUT2D eigenvalue weighted by molar-refractivity contribution is 7.14. The van der Waals surface area contributed by atoms with Crippen LogP contribution in [0.4, 0.5) is 5.13 Å². The van der Waals surface area contributed by atoms with Gasteiger partial charge in [0, 0.05) is 21.9 Å². The molecule has 0 atom stereocenters. The summed E-state index contributed by atoms with van der Waals surface area (Å²) in [6.45, 7) is 0. The highest BCUT2D eigenvalue weighted by Gasteiger charge is 2.16. The number of methoxy groups -OCH3 is 2. The number of aromatic nitrogens is 2. The van der Waals surface area contributed by atoms with Crippen LogP contribution in [0.25, 0.3) is 21.8 Å². The number of ether oxygens (including phenoxy) is 2. The zero-order valence-corrected chi connectivity index (χ0v) is 17.3. The van der Waals surface area contributed by atoms with Crippen LogP contribution >= 0.6 is 22.7 Å². The molecule has 29 heavy (non-hydrogen) atoms. The van der Waals surface area contributed by atoms with Crippen molar-refractivity contribution in [3.05, 3.63) is 65.0 Å². The fourth-order valence-electron chi connectivity index (χ4n) is 2.72. The van der Waals surface area contributed by atoms with Crippen molar-refractivity contribution in [2.24, 2.45) is 0 Å². The molecule has 2 aromatic carbocycles. The van der Waals surface area contributed by atoms with Crippen LogP contribution in [-0.4, -0.2) is 30.1 Å². The van der Waals surface area contributed by atoms with Gasteiger partial charge in [0.1, 0.15) is 22.2 Å². The molecule has 2 heterocycles. The number of hydrogen-bond acceptors (Lipinski definition) is 7. The van der Waals surface area contributed by atoms with E-state index in [0.29, 0.717) is 28.0 Å². The number of nitrogens with one attached hydrogen (secondary N) is 1. The lowest BCUT2D eigenvalue weighted by Crippen LogP contribution is -2.12. The monoisotopic (exact) mass is 423 g/mol. The van der Waals surface area contributed by atoms with Gasteiger partial charge in [-0.3, -0.25) is 10.1 Å². The normalized spacial score (nSPS) is 10.6.